The Labute approximate surface area is 153 Å². The summed E-state index contributed by atoms with van der Waals surface area (Å²) in [6.45, 7) is 2.68. The molecule has 0 aliphatic rings. The maximum Gasteiger partial charge on any atom is 0.155 e. The third-order valence-electron chi connectivity index (χ3n) is 4.16. The molecule has 0 fully saturated rings. The van der Waals surface area contributed by atoms with Crippen LogP contribution in [-0.4, -0.2) is 17.1 Å². The van der Waals surface area contributed by atoms with Crippen LogP contribution in [0.3, 0.4) is 0 Å². The van der Waals surface area contributed by atoms with Gasteiger partial charge in [-0.1, -0.05) is 42.5 Å². The Bertz CT molecular complexity index is 837. The molecule has 0 spiro atoms. The Morgan fingerprint density at radius 2 is 1.69 bits per heavy atom. The predicted octanol–water partition coefficient (Wildman–Crippen LogP) is 3.85. The molecule has 0 amide bonds. The van der Waals surface area contributed by atoms with Gasteiger partial charge in [0.25, 0.3) is 0 Å². The van der Waals surface area contributed by atoms with Gasteiger partial charge in [0, 0.05) is 6.54 Å². The highest BCUT2D eigenvalue weighted by Crippen LogP contribution is 2.26. The van der Waals surface area contributed by atoms with Crippen molar-refractivity contribution in [3.63, 3.8) is 0 Å². The Kier molecular flexibility index (Phi) is 5.53. The summed E-state index contributed by atoms with van der Waals surface area (Å²) in [6.07, 6.45) is 1.51. The summed E-state index contributed by atoms with van der Waals surface area (Å²) < 4.78 is 5.17. The first-order valence-corrected chi connectivity index (χ1v) is 8.46. The Morgan fingerprint density at radius 3 is 2.38 bits per heavy atom. The molecular weight excluding hydrogens is 326 g/mol. The molecule has 2 aromatic carbocycles. The SMILES string of the molecule is COc1ccc(CNc2ncnc(NC(C)c3ccccc3)c2N)cc1. The van der Waals surface area contributed by atoms with Gasteiger partial charge < -0.3 is 21.1 Å². The molecule has 6 heteroatoms. The van der Waals surface area contributed by atoms with Crippen molar-refractivity contribution >= 4 is 17.3 Å². The lowest BCUT2D eigenvalue weighted by Gasteiger charge is -2.17. The van der Waals surface area contributed by atoms with Crippen LogP contribution in [0.25, 0.3) is 0 Å². The largest absolute Gasteiger partial charge is 0.497 e. The maximum absolute atomic E-state index is 6.25. The summed E-state index contributed by atoms with van der Waals surface area (Å²) in [4.78, 5) is 8.53. The Morgan fingerprint density at radius 1 is 1.00 bits per heavy atom. The van der Waals surface area contributed by atoms with Crippen LogP contribution in [0, 0.1) is 0 Å². The zero-order valence-electron chi connectivity index (χ0n) is 14.9. The molecule has 1 heterocycles. The van der Waals surface area contributed by atoms with Crippen LogP contribution < -0.4 is 21.1 Å². The minimum atomic E-state index is 0.0860. The number of rotatable bonds is 7. The van der Waals surface area contributed by atoms with E-state index in [-0.39, 0.29) is 6.04 Å². The van der Waals surface area contributed by atoms with Gasteiger partial charge >= 0.3 is 0 Å². The van der Waals surface area contributed by atoms with Crippen LogP contribution in [0.2, 0.25) is 0 Å². The first-order valence-electron chi connectivity index (χ1n) is 8.46. The fraction of sp³-hybridized carbons (Fsp3) is 0.200. The normalized spacial score (nSPS) is 11.6. The molecule has 134 valence electrons. The number of nitrogens with one attached hydrogen (secondary N) is 2. The van der Waals surface area contributed by atoms with Crippen molar-refractivity contribution in [3.8, 4) is 5.75 Å². The van der Waals surface area contributed by atoms with Crippen molar-refractivity contribution in [1.82, 2.24) is 9.97 Å². The quantitative estimate of drug-likeness (QED) is 0.601. The number of nitrogen functional groups attached to an aromatic ring is 1. The Hall–Kier alpha value is -3.28. The Balaban J connectivity index is 1.68. The molecular formula is C20H23N5O. The summed E-state index contributed by atoms with van der Waals surface area (Å²) in [7, 11) is 1.65. The highest BCUT2D eigenvalue weighted by Gasteiger charge is 2.11. The molecule has 0 aliphatic heterocycles. The summed E-state index contributed by atoms with van der Waals surface area (Å²) in [6, 6.07) is 18.1. The lowest BCUT2D eigenvalue weighted by atomic mass is 10.1. The van der Waals surface area contributed by atoms with E-state index in [1.54, 1.807) is 7.11 Å². The van der Waals surface area contributed by atoms with Gasteiger partial charge in [-0.25, -0.2) is 9.97 Å². The number of methoxy groups -OCH3 is 1. The highest BCUT2D eigenvalue weighted by atomic mass is 16.5. The molecule has 0 radical (unpaired) electrons. The lowest BCUT2D eigenvalue weighted by Crippen LogP contribution is -2.12. The van der Waals surface area contributed by atoms with Crippen molar-refractivity contribution in [1.29, 1.82) is 0 Å². The molecule has 3 aromatic rings. The molecule has 1 aromatic heterocycles. The van der Waals surface area contributed by atoms with Crippen molar-refractivity contribution in [2.24, 2.45) is 0 Å². The fourth-order valence-corrected chi connectivity index (χ4v) is 2.61. The third-order valence-corrected chi connectivity index (χ3v) is 4.16. The zero-order chi connectivity index (χ0) is 18.4. The number of aromatic nitrogens is 2. The van der Waals surface area contributed by atoms with Gasteiger partial charge in [0.2, 0.25) is 0 Å². The summed E-state index contributed by atoms with van der Waals surface area (Å²) in [5, 5.41) is 6.61. The summed E-state index contributed by atoms with van der Waals surface area (Å²) >= 11 is 0. The monoisotopic (exact) mass is 349 g/mol. The average molecular weight is 349 g/mol. The van der Waals surface area contributed by atoms with E-state index in [1.165, 1.54) is 11.9 Å². The molecule has 0 aliphatic carbocycles. The molecule has 0 saturated carbocycles. The molecule has 0 bridgehead atoms. The molecule has 26 heavy (non-hydrogen) atoms. The van der Waals surface area contributed by atoms with Crippen LogP contribution in [0.5, 0.6) is 5.75 Å². The van der Waals surface area contributed by atoms with Gasteiger partial charge in [-0.3, -0.25) is 0 Å². The minimum Gasteiger partial charge on any atom is -0.497 e. The fourth-order valence-electron chi connectivity index (χ4n) is 2.61. The molecule has 1 atom stereocenters. The molecule has 0 saturated heterocycles. The van der Waals surface area contributed by atoms with Gasteiger partial charge in [-0.05, 0) is 30.2 Å². The van der Waals surface area contributed by atoms with Gasteiger partial charge in [0.15, 0.2) is 11.6 Å². The number of hydrogen-bond donors (Lipinski definition) is 3. The minimum absolute atomic E-state index is 0.0860. The predicted molar refractivity (Wildman–Crippen MR) is 105 cm³/mol. The van der Waals surface area contributed by atoms with Crippen LogP contribution in [0.15, 0.2) is 60.9 Å². The van der Waals surface area contributed by atoms with Crippen molar-refractivity contribution in [2.45, 2.75) is 19.5 Å². The van der Waals surface area contributed by atoms with E-state index in [0.29, 0.717) is 23.9 Å². The number of hydrogen-bond acceptors (Lipinski definition) is 6. The van der Waals surface area contributed by atoms with Gasteiger partial charge in [-0.2, -0.15) is 0 Å². The van der Waals surface area contributed by atoms with E-state index in [1.807, 2.05) is 42.5 Å². The van der Waals surface area contributed by atoms with Gasteiger partial charge in [0.05, 0.1) is 13.2 Å². The van der Waals surface area contributed by atoms with Crippen LogP contribution >= 0.6 is 0 Å². The first-order chi connectivity index (χ1) is 12.7. The number of benzene rings is 2. The third kappa shape index (κ3) is 4.22. The molecule has 6 nitrogen and oxygen atoms in total. The molecule has 3 rings (SSSR count). The van der Waals surface area contributed by atoms with E-state index in [2.05, 4.69) is 39.7 Å². The van der Waals surface area contributed by atoms with Crippen LogP contribution in [0.1, 0.15) is 24.1 Å². The van der Waals surface area contributed by atoms with Gasteiger partial charge in [-0.15, -0.1) is 0 Å². The summed E-state index contributed by atoms with van der Waals surface area (Å²) in [5.41, 5.74) is 9.03. The molecule has 1 unspecified atom stereocenters. The maximum atomic E-state index is 6.25. The highest BCUT2D eigenvalue weighted by molar-refractivity contribution is 5.74. The van der Waals surface area contributed by atoms with Crippen molar-refractivity contribution in [3.05, 3.63) is 72.1 Å². The number of ether oxygens (including phenoxy) is 1. The second-order valence-corrected chi connectivity index (χ2v) is 5.96. The number of nitrogens with two attached hydrogens (primary N) is 1. The van der Waals surface area contributed by atoms with Gasteiger partial charge in [0.1, 0.15) is 17.8 Å². The van der Waals surface area contributed by atoms with Crippen LogP contribution in [-0.2, 0) is 6.54 Å². The molecule has 4 N–H and O–H groups in total. The smallest absolute Gasteiger partial charge is 0.155 e. The topological polar surface area (TPSA) is 85.1 Å². The summed E-state index contributed by atoms with van der Waals surface area (Å²) in [5.74, 6) is 2.06. The van der Waals surface area contributed by atoms with E-state index >= 15 is 0 Å². The second-order valence-electron chi connectivity index (χ2n) is 5.96. The lowest BCUT2D eigenvalue weighted by molar-refractivity contribution is 0.414. The van der Waals surface area contributed by atoms with Crippen LogP contribution in [0.4, 0.5) is 17.3 Å². The van der Waals surface area contributed by atoms with Crippen molar-refractivity contribution < 1.29 is 4.74 Å². The zero-order valence-corrected chi connectivity index (χ0v) is 14.9. The number of anilines is 3. The number of nitrogens with zero attached hydrogens (tertiary/aromatic N) is 2. The standard InChI is InChI=1S/C20H23N5O/c1-14(16-6-4-3-5-7-16)25-20-18(21)19(23-13-24-20)22-12-15-8-10-17(26-2)11-9-15/h3-11,13-14H,12,21H2,1-2H3,(H2,22,23,24,25). The van der Waals surface area contributed by atoms with E-state index in [4.69, 9.17) is 10.5 Å². The van der Waals surface area contributed by atoms with Crippen molar-refractivity contribution in [2.75, 3.05) is 23.5 Å². The first kappa shape index (κ1) is 17.5. The van der Waals surface area contributed by atoms with E-state index in [9.17, 15) is 0 Å². The van der Waals surface area contributed by atoms with E-state index in [0.717, 1.165) is 11.3 Å². The average Bonchev–Trinajstić information content (AvgIpc) is 2.69. The van der Waals surface area contributed by atoms with E-state index < -0.39 is 0 Å². The second kappa shape index (κ2) is 8.20.